The fourth-order valence-electron chi connectivity index (χ4n) is 1.58. The maximum atomic E-state index is 5.48. The van der Waals surface area contributed by atoms with Crippen molar-refractivity contribution in [2.45, 2.75) is 37.9 Å². The van der Waals surface area contributed by atoms with Gasteiger partial charge in [0.1, 0.15) is 26.8 Å². The highest BCUT2D eigenvalue weighted by atomic mass is 28.2. The molecule has 0 aromatic carbocycles. The van der Waals surface area contributed by atoms with Gasteiger partial charge in [0.2, 0.25) is 0 Å². The Balaban J connectivity index is 2.44. The molecule has 0 heterocycles. The molecule has 0 unspecified atom stereocenters. The summed E-state index contributed by atoms with van der Waals surface area (Å²) < 4.78 is 11.0. The van der Waals surface area contributed by atoms with E-state index in [1.807, 2.05) is 0 Å². The number of hydrogen-bond donors (Lipinski definition) is 0. The van der Waals surface area contributed by atoms with Gasteiger partial charge >= 0.3 is 0 Å². The zero-order chi connectivity index (χ0) is 7.45. The number of rotatable bonds is 2. The van der Waals surface area contributed by atoms with Gasteiger partial charge in [0.05, 0.1) is 0 Å². The Kier molecular flexibility index (Phi) is 3.09. The predicted molar refractivity (Wildman–Crippen MR) is 47.9 cm³/mol. The molecule has 0 bridgehead atoms. The first-order valence-corrected chi connectivity index (χ1v) is 5.56. The molecule has 1 aliphatic carbocycles. The van der Waals surface area contributed by atoms with E-state index in [0.29, 0.717) is 0 Å². The maximum Gasteiger partial charge on any atom is 0.149 e. The summed E-state index contributed by atoms with van der Waals surface area (Å²) in [5.74, 6) is -0.114. The largest absolute Gasteiger partial charge is 0.402 e. The Labute approximate surface area is 68.4 Å². The van der Waals surface area contributed by atoms with Crippen molar-refractivity contribution >= 4 is 21.0 Å². The third kappa shape index (κ3) is 1.69. The normalized spacial score (nSPS) is 25.2. The standard InChI is InChI=1S/C6H16O2Si2/c9-7-6(8-10)4-2-1-3-5-6/h1-5H2,9-10H3. The SMILES string of the molecule is [SiH3]OC1(O[SiH3])CCCCC1. The summed E-state index contributed by atoms with van der Waals surface area (Å²) in [4.78, 5) is 0. The molecule has 0 atom stereocenters. The summed E-state index contributed by atoms with van der Waals surface area (Å²) >= 11 is 0. The average Bonchev–Trinajstić information content (AvgIpc) is 2.06. The van der Waals surface area contributed by atoms with Crippen molar-refractivity contribution in [2.75, 3.05) is 0 Å². The van der Waals surface area contributed by atoms with E-state index in [0.717, 1.165) is 33.8 Å². The predicted octanol–water partition coefficient (Wildman–Crippen LogP) is -0.759. The van der Waals surface area contributed by atoms with Crippen LogP contribution in [0.1, 0.15) is 32.1 Å². The highest BCUT2D eigenvalue weighted by Crippen LogP contribution is 2.30. The van der Waals surface area contributed by atoms with Gasteiger partial charge in [-0.2, -0.15) is 0 Å². The quantitative estimate of drug-likeness (QED) is 0.407. The van der Waals surface area contributed by atoms with Gasteiger partial charge in [0.25, 0.3) is 0 Å². The van der Waals surface area contributed by atoms with E-state index in [1.54, 1.807) is 0 Å². The molecular weight excluding hydrogens is 160 g/mol. The van der Waals surface area contributed by atoms with Crippen LogP contribution in [0.15, 0.2) is 0 Å². The van der Waals surface area contributed by atoms with Gasteiger partial charge < -0.3 is 8.85 Å². The van der Waals surface area contributed by atoms with E-state index in [4.69, 9.17) is 8.85 Å². The Morgan fingerprint density at radius 1 is 0.900 bits per heavy atom. The smallest absolute Gasteiger partial charge is 0.149 e. The molecule has 1 aliphatic rings. The van der Waals surface area contributed by atoms with Crippen LogP contribution in [0.25, 0.3) is 0 Å². The molecule has 0 aliphatic heterocycles. The minimum Gasteiger partial charge on any atom is -0.402 e. The second kappa shape index (κ2) is 3.66. The summed E-state index contributed by atoms with van der Waals surface area (Å²) in [5, 5.41) is 0. The Hall–Kier alpha value is 0.354. The lowest BCUT2D eigenvalue weighted by molar-refractivity contribution is -0.130. The van der Waals surface area contributed by atoms with Crippen LogP contribution in [0.4, 0.5) is 0 Å². The molecule has 10 heavy (non-hydrogen) atoms. The fourth-order valence-corrected chi connectivity index (χ4v) is 3.07. The molecule has 0 N–H and O–H groups in total. The third-order valence-corrected chi connectivity index (χ3v) is 3.85. The van der Waals surface area contributed by atoms with E-state index < -0.39 is 0 Å². The molecule has 0 saturated heterocycles. The van der Waals surface area contributed by atoms with E-state index in [-0.39, 0.29) is 5.79 Å². The van der Waals surface area contributed by atoms with Crippen molar-refractivity contribution in [2.24, 2.45) is 0 Å². The lowest BCUT2D eigenvalue weighted by Crippen LogP contribution is -2.36. The van der Waals surface area contributed by atoms with Gasteiger partial charge in [0.15, 0.2) is 0 Å². The molecule has 2 nitrogen and oxygen atoms in total. The van der Waals surface area contributed by atoms with Gasteiger partial charge in [0, 0.05) is 0 Å². The molecule has 1 fully saturated rings. The van der Waals surface area contributed by atoms with Gasteiger partial charge in [-0.1, -0.05) is 6.42 Å². The molecule has 1 saturated carbocycles. The van der Waals surface area contributed by atoms with E-state index in [1.165, 1.54) is 19.3 Å². The topological polar surface area (TPSA) is 18.5 Å². The van der Waals surface area contributed by atoms with E-state index in [2.05, 4.69) is 0 Å². The maximum absolute atomic E-state index is 5.48. The van der Waals surface area contributed by atoms with Crippen LogP contribution in [0, 0.1) is 0 Å². The summed E-state index contributed by atoms with van der Waals surface area (Å²) in [7, 11) is 1.62. The molecule has 0 amide bonds. The summed E-state index contributed by atoms with van der Waals surface area (Å²) in [6.45, 7) is 0. The lowest BCUT2D eigenvalue weighted by Gasteiger charge is -2.35. The Bertz CT molecular complexity index is 95.9. The molecule has 0 aromatic rings. The van der Waals surface area contributed by atoms with Crippen LogP contribution in [0.3, 0.4) is 0 Å². The van der Waals surface area contributed by atoms with E-state index in [9.17, 15) is 0 Å². The Morgan fingerprint density at radius 2 is 1.40 bits per heavy atom. The molecule has 4 heteroatoms. The lowest BCUT2D eigenvalue weighted by atomic mass is 9.95. The molecule has 60 valence electrons. The van der Waals surface area contributed by atoms with Gasteiger partial charge in [-0.15, -0.1) is 0 Å². The van der Waals surface area contributed by atoms with Crippen molar-refractivity contribution < 1.29 is 8.85 Å². The van der Waals surface area contributed by atoms with E-state index >= 15 is 0 Å². The number of hydrogen-bond acceptors (Lipinski definition) is 2. The minimum atomic E-state index is -0.114. The molecule has 0 aromatic heterocycles. The first-order valence-electron chi connectivity index (χ1n) is 3.93. The van der Waals surface area contributed by atoms with Gasteiger partial charge in [-0.25, -0.2) is 0 Å². The second-order valence-electron chi connectivity index (χ2n) is 2.88. The zero-order valence-electron chi connectivity index (χ0n) is 6.85. The highest BCUT2D eigenvalue weighted by molar-refractivity contribution is 6.00. The molecule has 0 radical (unpaired) electrons. The Morgan fingerprint density at radius 3 is 1.70 bits per heavy atom. The minimum absolute atomic E-state index is 0.114. The van der Waals surface area contributed by atoms with Crippen LogP contribution in [-0.4, -0.2) is 26.8 Å². The van der Waals surface area contributed by atoms with Crippen LogP contribution < -0.4 is 0 Å². The monoisotopic (exact) mass is 176 g/mol. The summed E-state index contributed by atoms with van der Waals surface area (Å²) in [6, 6.07) is 0. The van der Waals surface area contributed by atoms with Crippen LogP contribution in [0.5, 0.6) is 0 Å². The second-order valence-corrected chi connectivity index (χ2v) is 3.70. The van der Waals surface area contributed by atoms with Crippen molar-refractivity contribution in [1.82, 2.24) is 0 Å². The average molecular weight is 176 g/mol. The van der Waals surface area contributed by atoms with Crippen molar-refractivity contribution in [1.29, 1.82) is 0 Å². The third-order valence-electron chi connectivity index (χ3n) is 2.36. The highest BCUT2D eigenvalue weighted by Gasteiger charge is 2.29. The fraction of sp³-hybridized carbons (Fsp3) is 1.00. The first kappa shape index (κ1) is 8.45. The van der Waals surface area contributed by atoms with Crippen molar-refractivity contribution in [3.05, 3.63) is 0 Å². The van der Waals surface area contributed by atoms with Gasteiger partial charge in [-0.05, 0) is 25.7 Å². The van der Waals surface area contributed by atoms with Crippen molar-refractivity contribution in [3.8, 4) is 0 Å². The summed E-state index contributed by atoms with van der Waals surface area (Å²) in [6.07, 6.45) is 6.17. The molecule has 0 spiro atoms. The van der Waals surface area contributed by atoms with Gasteiger partial charge in [-0.3, -0.25) is 0 Å². The first-order chi connectivity index (χ1) is 4.83. The molecular formula is C6H16O2Si2. The van der Waals surface area contributed by atoms with Crippen molar-refractivity contribution in [3.63, 3.8) is 0 Å². The van der Waals surface area contributed by atoms with Crippen LogP contribution in [-0.2, 0) is 8.85 Å². The summed E-state index contributed by atoms with van der Waals surface area (Å²) in [5.41, 5.74) is 0. The van der Waals surface area contributed by atoms with Crippen LogP contribution in [0.2, 0.25) is 0 Å². The van der Waals surface area contributed by atoms with Crippen LogP contribution >= 0.6 is 0 Å². The molecule has 1 rings (SSSR count). The zero-order valence-corrected chi connectivity index (χ0v) is 10.9.